The maximum atomic E-state index is 13.0. The second-order valence-electron chi connectivity index (χ2n) is 6.23. The number of aromatic nitrogens is 2. The first-order valence-electron chi connectivity index (χ1n) is 8.51. The number of rotatable bonds is 5. The Morgan fingerprint density at radius 3 is 2.69 bits per heavy atom. The Morgan fingerprint density at radius 2 is 1.96 bits per heavy atom. The maximum absolute atomic E-state index is 13.0. The predicted octanol–water partition coefficient (Wildman–Crippen LogP) is 4.35. The summed E-state index contributed by atoms with van der Waals surface area (Å²) in [5, 5.41) is 5.21. The van der Waals surface area contributed by atoms with E-state index < -0.39 is 0 Å². The van der Waals surface area contributed by atoms with Crippen molar-refractivity contribution >= 4 is 27.5 Å². The summed E-state index contributed by atoms with van der Waals surface area (Å²) >= 11 is 1.64. The summed E-state index contributed by atoms with van der Waals surface area (Å²) in [6, 6.07) is 19.8. The smallest absolute Gasteiger partial charge is 0.268 e. The molecule has 1 N–H and O–H groups in total. The predicted molar refractivity (Wildman–Crippen MR) is 105 cm³/mol. The molecule has 4 aromatic rings. The summed E-state index contributed by atoms with van der Waals surface area (Å²) < 4.78 is 3.06. The Kier molecular flexibility index (Phi) is 4.54. The summed E-state index contributed by atoms with van der Waals surface area (Å²) in [5.41, 5.74) is 3.77. The normalized spacial score (nSPS) is 12.2. The number of carbonyl (C=O) groups is 1. The zero-order chi connectivity index (χ0) is 17.9. The summed E-state index contributed by atoms with van der Waals surface area (Å²) in [6.45, 7) is 0. The van der Waals surface area contributed by atoms with Crippen LogP contribution < -0.4 is 5.32 Å². The van der Waals surface area contributed by atoms with Crippen molar-refractivity contribution in [1.82, 2.24) is 14.9 Å². The van der Waals surface area contributed by atoms with E-state index in [2.05, 4.69) is 22.4 Å². The number of thiophene rings is 1. The van der Waals surface area contributed by atoms with Gasteiger partial charge in [0.05, 0.1) is 22.0 Å². The van der Waals surface area contributed by atoms with Crippen LogP contribution in [0.5, 0.6) is 0 Å². The van der Waals surface area contributed by atoms with Gasteiger partial charge in [-0.25, -0.2) is 0 Å². The average molecular weight is 361 g/mol. The van der Waals surface area contributed by atoms with E-state index in [1.807, 2.05) is 65.5 Å². The molecule has 5 heteroatoms. The van der Waals surface area contributed by atoms with E-state index >= 15 is 0 Å². The van der Waals surface area contributed by atoms with Gasteiger partial charge < -0.3 is 9.88 Å². The first kappa shape index (κ1) is 16.5. The second-order valence-corrected chi connectivity index (χ2v) is 7.18. The van der Waals surface area contributed by atoms with Crippen LogP contribution in [0.3, 0.4) is 0 Å². The summed E-state index contributed by atoms with van der Waals surface area (Å²) in [6.07, 6.45) is 2.46. The van der Waals surface area contributed by atoms with Crippen LogP contribution in [0.2, 0.25) is 0 Å². The molecule has 3 heterocycles. The zero-order valence-corrected chi connectivity index (χ0v) is 15.2. The Labute approximate surface area is 156 Å². The van der Waals surface area contributed by atoms with E-state index in [1.54, 1.807) is 17.5 Å². The fourth-order valence-electron chi connectivity index (χ4n) is 3.16. The van der Waals surface area contributed by atoms with E-state index in [1.165, 1.54) is 0 Å². The van der Waals surface area contributed by atoms with Crippen molar-refractivity contribution in [1.29, 1.82) is 0 Å². The third-order valence-corrected chi connectivity index (χ3v) is 5.38. The fourth-order valence-corrected chi connectivity index (χ4v) is 4.01. The van der Waals surface area contributed by atoms with Crippen molar-refractivity contribution in [3.63, 3.8) is 0 Å². The zero-order valence-electron chi connectivity index (χ0n) is 14.4. The first-order valence-corrected chi connectivity index (χ1v) is 9.39. The van der Waals surface area contributed by atoms with Crippen LogP contribution >= 0.6 is 11.3 Å². The van der Waals surface area contributed by atoms with Gasteiger partial charge in [0.1, 0.15) is 5.69 Å². The number of amides is 1. The SMILES string of the molecule is Cn1c(C(=O)NC(Cc2ccccc2)c2ccccn2)cc2sccc21. The average Bonchev–Trinajstić information content (AvgIpc) is 3.26. The van der Waals surface area contributed by atoms with E-state index in [9.17, 15) is 4.79 Å². The van der Waals surface area contributed by atoms with Crippen LogP contribution in [-0.2, 0) is 13.5 Å². The molecule has 0 spiro atoms. The van der Waals surface area contributed by atoms with Crippen molar-refractivity contribution in [3.8, 4) is 0 Å². The highest BCUT2D eigenvalue weighted by atomic mass is 32.1. The lowest BCUT2D eigenvalue weighted by Gasteiger charge is -2.19. The Bertz CT molecular complexity index is 1020. The van der Waals surface area contributed by atoms with Crippen LogP contribution in [-0.4, -0.2) is 15.5 Å². The minimum Gasteiger partial charge on any atom is -0.342 e. The number of nitrogens with one attached hydrogen (secondary N) is 1. The number of aryl methyl sites for hydroxylation is 1. The number of carbonyl (C=O) groups excluding carboxylic acids is 1. The van der Waals surface area contributed by atoms with Crippen molar-refractivity contribution < 1.29 is 4.79 Å². The lowest BCUT2D eigenvalue weighted by atomic mass is 10.0. The number of hydrogen-bond donors (Lipinski definition) is 1. The monoisotopic (exact) mass is 361 g/mol. The molecule has 1 unspecified atom stereocenters. The molecular formula is C21H19N3OS. The van der Waals surface area contributed by atoms with Gasteiger partial charge in [-0.15, -0.1) is 11.3 Å². The van der Waals surface area contributed by atoms with Gasteiger partial charge in [-0.05, 0) is 41.6 Å². The van der Waals surface area contributed by atoms with Crippen molar-refractivity contribution in [2.75, 3.05) is 0 Å². The van der Waals surface area contributed by atoms with Gasteiger partial charge in [0.15, 0.2) is 0 Å². The standard InChI is InChI=1S/C21H19N3OS/c1-24-18-10-12-26-20(18)14-19(24)21(25)23-17(16-9-5-6-11-22-16)13-15-7-3-2-4-8-15/h2-12,14,17H,13H2,1H3,(H,23,25). The molecule has 1 amide bonds. The second kappa shape index (κ2) is 7.14. The quantitative estimate of drug-likeness (QED) is 0.574. The molecule has 3 aromatic heterocycles. The van der Waals surface area contributed by atoms with Crippen molar-refractivity contribution in [3.05, 3.63) is 89.2 Å². The number of nitrogens with zero attached hydrogens (tertiary/aromatic N) is 2. The summed E-state index contributed by atoms with van der Waals surface area (Å²) in [7, 11) is 1.93. The summed E-state index contributed by atoms with van der Waals surface area (Å²) in [5.74, 6) is -0.0810. The molecule has 4 nitrogen and oxygen atoms in total. The Morgan fingerprint density at radius 1 is 1.15 bits per heavy atom. The van der Waals surface area contributed by atoms with Gasteiger partial charge in [0.25, 0.3) is 5.91 Å². The molecule has 4 rings (SSSR count). The Hall–Kier alpha value is -2.92. The molecule has 0 aliphatic heterocycles. The number of hydrogen-bond acceptors (Lipinski definition) is 3. The van der Waals surface area contributed by atoms with Crippen molar-refractivity contribution in [2.45, 2.75) is 12.5 Å². The lowest BCUT2D eigenvalue weighted by molar-refractivity contribution is 0.0928. The minimum atomic E-state index is -0.181. The highest BCUT2D eigenvalue weighted by Crippen LogP contribution is 2.25. The molecule has 130 valence electrons. The largest absolute Gasteiger partial charge is 0.342 e. The fraction of sp³-hybridized carbons (Fsp3) is 0.143. The van der Waals surface area contributed by atoms with Gasteiger partial charge >= 0.3 is 0 Å². The molecule has 0 radical (unpaired) electrons. The minimum absolute atomic E-state index is 0.0810. The Balaban J connectivity index is 1.62. The van der Waals surface area contributed by atoms with E-state index in [0.29, 0.717) is 12.1 Å². The van der Waals surface area contributed by atoms with Gasteiger partial charge in [-0.1, -0.05) is 36.4 Å². The molecule has 0 fully saturated rings. The molecule has 0 bridgehead atoms. The summed E-state index contributed by atoms with van der Waals surface area (Å²) in [4.78, 5) is 17.4. The van der Waals surface area contributed by atoms with Crippen LogP contribution in [0, 0.1) is 0 Å². The molecule has 1 aromatic carbocycles. The number of pyridine rings is 1. The van der Waals surface area contributed by atoms with E-state index in [0.717, 1.165) is 21.5 Å². The molecule has 26 heavy (non-hydrogen) atoms. The molecule has 0 saturated heterocycles. The lowest BCUT2D eigenvalue weighted by Crippen LogP contribution is -2.31. The molecule has 0 aliphatic carbocycles. The first-order chi connectivity index (χ1) is 12.7. The molecule has 1 atom stereocenters. The van der Waals surface area contributed by atoms with E-state index in [4.69, 9.17) is 0 Å². The maximum Gasteiger partial charge on any atom is 0.268 e. The topological polar surface area (TPSA) is 46.9 Å². The van der Waals surface area contributed by atoms with E-state index in [-0.39, 0.29) is 11.9 Å². The van der Waals surface area contributed by atoms with Gasteiger partial charge in [-0.3, -0.25) is 9.78 Å². The van der Waals surface area contributed by atoms with Gasteiger partial charge in [0, 0.05) is 13.2 Å². The van der Waals surface area contributed by atoms with Crippen molar-refractivity contribution in [2.24, 2.45) is 7.05 Å². The number of benzene rings is 1. The molecule has 0 saturated carbocycles. The third-order valence-electron chi connectivity index (χ3n) is 4.53. The highest BCUT2D eigenvalue weighted by Gasteiger charge is 2.20. The van der Waals surface area contributed by atoms with Crippen LogP contribution in [0.25, 0.3) is 10.2 Å². The third kappa shape index (κ3) is 3.26. The van der Waals surface area contributed by atoms with Crippen LogP contribution in [0.15, 0.2) is 72.2 Å². The molecular weight excluding hydrogens is 342 g/mol. The van der Waals surface area contributed by atoms with Gasteiger partial charge in [-0.2, -0.15) is 0 Å². The van der Waals surface area contributed by atoms with Crippen LogP contribution in [0.4, 0.5) is 0 Å². The molecule has 0 aliphatic rings. The number of fused-ring (bicyclic) bond motifs is 1. The highest BCUT2D eigenvalue weighted by molar-refractivity contribution is 7.17. The van der Waals surface area contributed by atoms with Crippen LogP contribution in [0.1, 0.15) is 27.8 Å². The van der Waals surface area contributed by atoms with Gasteiger partial charge in [0.2, 0.25) is 0 Å².